The lowest BCUT2D eigenvalue weighted by Gasteiger charge is -2.39. The number of fused-ring (bicyclic) bond motifs is 1. The summed E-state index contributed by atoms with van der Waals surface area (Å²) in [4.78, 5) is 26.5. The number of carbonyl (C=O) groups is 2. The van der Waals surface area contributed by atoms with E-state index < -0.39 is 6.04 Å². The van der Waals surface area contributed by atoms with Gasteiger partial charge in [0.1, 0.15) is 17.4 Å². The van der Waals surface area contributed by atoms with E-state index in [-0.39, 0.29) is 17.1 Å². The van der Waals surface area contributed by atoms with E-state index in [1.807, 2.05) is 55.5 Å². The second kappa shape index (κ2) is 7.89. The van der Waals surface area contributed by atoms with E-state index in [0.29, 0.717) is 34.8 Å². The number of aromatic nitrogens is 2. The summed E-state index contributed by atoms with van der Waals surface area (Å²) in [7, 11) is 0. The fourth-order valence-electron chi connectivity index (χ4n) is 4.75. The smallest absolute Gasteiger partial charge is 0.261 e. The van der Waals surface area contributed by atoms with E-state index in [9.17, 15) is 9.59 Å². The van der Waals surface area contributed by atoms with Crippen molar-refractivity contribution >= 4 is 34.8 Å². The predicted molar refractivity (Wildman–Crippen MR) is 130 cm³/mol. The van der Waals surface area contributed by atoms with Crippen molar-refractivity contribution in [1.82, 2.24) is 9.78 Å². The van der Waals surface area contributed by atoms with Crippen molar-refractivity contribution in [2.24, 2.45) is 5.41 Å². The van der Waals surface area contributed by atoms with Crippen molar-refractivity contribution in [3.05, 3.63) is 87.7 Å². The topological polar surface area (TPSA) is 76.0 Å². The number of aryl methyl sites for hydroxylation is 1. The molecule has 2 N–H and O–H groups in total. The molecule has 1 unspecified atom stereocenters. The third kappa shape index (κ3) is 3.95. The van der Waals surface area contributed by atoms with E-state index in [2.05, 4.69) is 29.6 Å². The van der Waals surface area contributed by atoms with Gasteiger partial charge < -0.3 is 10.6 Å². The number of nitrogens with one attached hydrogen (secondary N) is 2. The zero-order chi connectivity index (χ0) is 23.3. The van der Waals surface area contributed by atoms with Gasteiger partial charge in [0.05, 0.1) is 6.20 Å². The molecule has 3 aromatic rings. The van der Waals surface area contributed by atoms with Gasteiger partial charge in [-0.3, -0.25) is 9.59 Å². The van der Waals surface area contributed by atoms with Crippen LogP contribution in [0.15, 0.2) is 66.0 Å². The highest BCUT2D eigenvalue weighted by Gasteiger charge is 2.42. The van der Waals surface area contributed by atoms with Gasteiger partial charge in [-0.05, 0) is 54.2 Å². The van der Waals surface area contributed by atoms with E-state index in [1.54, 1.807) is 10.9 Å². The van der Waals surface area contributed by atoms with Crippen LogP contribution in [0.25, 0.3) is 0 Å². The highest BCUT2D eigenvalue weighted by Crippen LogP contribution is 2.46. The molecule has 1 aliphatic carbocycles. The average molecular weight is 461 g/mol. The lowest BCUT2D eigenvalue weighted by Crippen LogP contribution is -2.36. The van der Waals surface area contributed by atoms with E-state index in [0.717, 1.165) is 22.5 Å². The molecule has 0 radical (unpaired) electrons. The van der Waals surface area contributed by atoms with Crippen molar-refractivity contribution in [1.29, 1.82) is 0 Å². The highest BCUT2D eigenvalue weighted by molar-refractivity contribution is 6.30. The van der Waals surface area contributed by atoms with Gasteiger partial charge in [0.25, 0.3) is 5.91 Å². The minimum Gasteiger partial charge on any atom is -0.343 e. The number of carbonyl (C=O) groups excluding carboxylic acids is 2. The highest BCUT2D eigenvalue weighted by atomic mass is 35.5. The Morgan fingerprint density at radius 1 is 1.18 bits per heavy atom. The van der Waals surface area contributed by atoms with Crippen molar-refractivity contribution in [3.63, 3.8) is 0 Å². The first-order valence-corrected chi connectivity index (χ1v) is 11.3. The van der Waals surface area contributed by atoms with Gasteiger partial charge in [0.15, 0.2) is 5.78 Å². The summed E-state index contributed by atoms with van der Waals surface area (Å²) in [6.07, 6.45) is 2.74. The number of benzene rings is 2. The molecule has 0 saturated heterocycles. The quantitative estimate of drug-likeness (QED) is 0.521. The predicted octanol–water partition coefficient (Wildman–Crippen LogP) is 5.76. The molecule has 0 bridgehead atoms. The van der Waals surface area contributed by atoms with E-state index in [4.69, 9.17) is 11.6 Å². The zero-order valence-electron chi connectivity index (χ0n) is 18.8. The lowest BCUT2D eigenvalue weighted by molar-refractivity contribution is -0.118. The van der Waals surface area contributed by atoms with Crippen molar-refractivity contribution < 1.29 is 9.59 Å². The number of hydrogen-bond donors (Lipinski definition) is 2. The Balaban J connectivity index is 1.59. The van der Waals surface area contributed by atoms with Crippen LogP contribution in [0, 0.1) is 12.3 Å². The maximum absolute atomic E-state index is 13.3. The second-order valence-corrected chi connectivity index (χ2v) is 10.0. The van der Waals surface area contributed by atoms with Gasteiger partial charge in [-0.25, -0.2) is 4.68 Å². The lowest BCUT2D eigenvalue weighted by atomic mass is 9.73. The molecule has 5 rings (SSSR count). The van der Waals surface area contributed by atoms with Crippen LogP contribution in [0.2, 0.25) is 5.02 Å². The Labute approximate surface area is 197 Å². The molecule has 1 aliphatic heterocycles. The average Bonchev–Trinajstić information content (AvgIpc) is 3.16. The molecule has 7 heteroatoms. The molecule has 33 heavy (non-hydrogen) atoms. The normalized spacial score (nSPS) is 18.9. The van der Waals surface area contributed by atoms with E-state index in [1.165, 1.54) is 0 Å². The van der Waals surface area contributed by atoms with E-state index >= 15 is 0 Å². The molecule has 2 aromatic carbocycles. The van der Waals surface area contributed by atoms with Crippen LogP contribution in [0.1, 0.15) is 54.2 Å². The Kier molecular flexibility index (Phi) is 5.13. The number of hydrogen-bond acceptors (Lipinski definition) is 4. The Hall–Kier alpha value is -3.38. The molecule has 0 fully saturated rings. The monoisotopic (exact) mass is 460 g/mol. The Morgan fingerprint density at radius 3 is 2.67 bits per heavy atom. The summed E-state index contributed by atoms with van der Waals surface area (Å²) in [6, 6.07) is 14.7. The molecular formula is C26H25ClN4O2. The number of anilines is 2. The van der Waals surface area contributed by atoms with Crippen LogP contribution >= 0.6 is 11.6 Å². The summed E-state index contributed by atoms with van der Waals surface area (Å²) in [5.74, 6) is 0.430. The Bertz CT molecular complexity index is 1300. The molecule has 2 heterocycles. The molecular weight excluding hydrogens is 436 g/mol. The third-order valence-corrected chi connectivity index (χ3v) is 6.46. The summed E-state index contributed by atoms with van der Waals surface area (Å²) in [5, 5.41) is 11.5. The van der Waals surface area contributed by atoms with Gasteiger partial charge in [-0.15, -0.1) is 0 Å². The van der Waals surface area contributed by atoms with Crippen molar-refractivity contribution in [3.8, 4) is 0 Å². The fourth-order valence-corrected chi connectivity index (χ4v) is 4.88. The number of halogens is 1. The minimum absolute atomic E-state index is 0.0978. The van der Waals surface area contributed by atoms with Gasteiger partial charge >= 0.3 is 0 Å². The number of rotatable bonds is 3. The standard InChI is InChI=1S/C26H25ClN4O2/c1-15-5-4-6-18(11-15)29-25(33)19-14-28-31-23(16-7-9-17(27)10-8-16)22-20(30-24(19)31)12-26(2,3)13-21(22)32/h4-11,14,23,30H,12-13H2,1-3H3,(H,29,33). The Morgan fingerprint density at radius 2 is 1.94 bits per heavy atom. The van der Waals surface area contributed by atoms with Crippen molar-refractivity contribution in [2.75, 3.05) is 10.6 Å². The van der Waals surface area contributed by atoms with Crippen LogP contribution in [0.5, 0.6) is 0 Å². The molecule has 1 amide bonds. The van der Waals surface area contributed by atoms with Crippen LogP contribution in [0.4, 0.5) is 11.5 Å². The first-order chi connectivity index (χ1) is 15.7. The number of allylic oxidation sites excluding steroid dienone is 2. The summed E-state index contributed by atoms with van der Waals surface area (Å²) < 4.78 is 1.74. The second-order valence-electron chi connectivity index (χ2n) is 9.59. The van der Waals surface area contributed by atoms with Crippen molar-refractivity contribution in [2.45, 2.75) is 39.7 Å². The maximum atomic E-state index is 13.3. The number of amides is 1. The molecule has 6 nitrogen and oxygen atoms in total. The number of Topliss-reactive ketones (excluding diaryl/α,β-unsaturated/α-hetero) is 1. The molecule has 0 spiro atoms. The van der Waals surface area contributed by atoms with Crippen LogP contribution in [0.3, 0.4) is 0 Å². The first kappa shape index (κ1) is 21.5. The van der Waals surface area contributed by atoms with Gasteiger partial charge in [-0.2, -0.15) is 5.10 Å². The maximum Gasteiger partial charge on any atom is 0.261 e. The molecule has 1 aromatic heterocycles. The summed E-state index contributed by atoms with van der Waals surface area (Å²) in [5.41, 5.74) is 4.50. The molecule has 0 saturated carbocycles. The minimum atomic E-state index is -0.419. The van der Waals surface area contributed by atoms with Crippen LogP contribution in [-0.4, -0.2) is 21.5 Å². The fraction of sp³-hybridized carbons (Fsp3) is 0.269. The number of ketones is 1. The molecule has 168 valence electrons. The van der Waals surface area contributed by atoms with Gasteiger partial charge in [0.2, 0.25) is 0 Å². The molecule has 1 atom stereocenters. The van der Waals surface area contributed by atoms with Gasteiger partial charge in [0, 0.05) is 28.4 Å². The number of nitrogens with zero attached hydrogens (tertiary/aromatic N) is 2. The largest absolute Gasteiger partial charge is 0.343 e. The molecule has 2 aliphatic rings. The summed E-state index contributed by atoms with van der Waals surface area (Å²) >= 11 is 6.12. The first-order valence-electron chi connectivity index (χ1n) is 11.0. The van der Waals surface area contributed by atoms with Crippen LogP contribution < -0.4 is 10.6 Å². The van der Waals surface area contributed by atoms with Gasteiger partial charge in [-0.1, -0.05) is 49.7 Å². The summed E-state index contributed by atoms with van der Waals surface area (Å²) in [6.45, 7) is 6.15. The van der Waals surface area contributed by atoms with Crippen LogP contribution in [-0.2, 0) is 4.79 Å². The SMILES string of the molecule is Cc1cccc(NC(=O)c2cnn3c2NC2=C(C(=O)CC(C)(C)C2)C3c2ccc(Cl)cc2)c1. The third-order valence-electron chi connectivity index (χ3n) is 6.21. The zero-order valence-corrected chi connectivity index (χ0v) is 19.5.